The van der Waals surface area contributed by atoms with Gasteiger partial charge in [-0.25, -0.2) is 8.42 Å². The first-order valence-electron chi connectivity index (χ1n) is 8.04. The van der Waals surface area contributed by atoms with Crippen molar-refractivity contribution in [2.24, 2.45) is 0 Å². The third-order valence-electron chi connectivity index (χ3n) is 4.07. The largest absolute Gasteiger partial charge is 0.416 e. The standard InChI is InChI=1S/C17H16F3N3O3S/c18-17(19,20)11-1-3-12(4-2-11)23-16(24)15-9-13(5-7-21-15)22-14-6-8-27(25,26)10-14/h1-5,7,9,14H,6,8,10H2,(H,21,22)(H,23,24). The van der Waals surface area contributed by atoms with Crippen molar-refractivity contribution in [3.63, 3.8) is 0 Å². The summed E-state index contributed by atoms with van der Waals surface area (Å²) in [6, 6.07) is 6.91. The molecule has 2 N–H and O–H groups in total. The van der Waals surface area contributed by atoms with Crippen LogP contribution in [0.1, 0.15) is 22.5 Å². The van der Waals surface area contributed by atoms with Gasteiger partial charge in [-0.2, -0.15) is 13.2 Å². The van der Waals surface area contributed by atoms with Gasteiger partial charge in [-0.1, -0.05) is 0 Å². The number of alkyl halides is 3. The monoisotopic (exact) mass is 399 g/mol. The van der Waals surface area contributed by atoms with E-state index < -0.39 is 27.5 Å². The van der Waals surface area contributed by atoms with E-state index in [1.807, 2.05) is 0 Å². The van der Waals surface area contributed by atoms with E-state index in [4.69, 9.17) is 0 Å². The lowest BCUT2D eigenvalue weighted by molar-refractivity contribution is -0.137. The lowest BCUT2D eigenvalue weighted by Gasteiger charge is -2.13. The fourth-order valence-electron chi connectivity index (χ4n) is 2.73. The predicted octanol–water partition coefficient (Wildman–Crippen LogP) is 2.95. The van der Waals surface area contributed by atoms with Gasteiger partial charge in [-0.15, -0.1) is 0 Å². The van der Waals surface area contributed by atoms with E-state index in [-0.39, 0.29) is 28.9 Å². The average molecular weight is 399 g/mol. The highest BCUT2D eigenvalue weighted by molar-refractivity contribution is 7.91. The molecule has 0 saturated carbocycles. The molecule has 0 spiro atoms. The minimum absolute atomic E-state index is 0.0302. The van der Waals surface area contributed by atoms with Crippen molar-refractivity contribution in [1.82, 2.24) is 4.98 Å². The molecule has 1 amide bonds. The highest BCUT2D eigenvalue weighted by Gasteiger charge is 2.30. The number of carbonyl (C=O) groups is 1. The van der Waals surface area contributed by atoms with E-state index in [1.54, 1.807) is 6.07 Å². The second kappa shape index (κ2) is 7.18. The van der Waals surface area contributed by atoms with Gasteiger partial charge in [0.2, 0.25) is 0 Å². The third kappa shape index (κ3) is 4.97. The Balaban J connectivity index is 1.67. The number of benzene rings is 1. The van der Waals surface area contributed by atoms with Crippen LogP contribution in [0.3, 0.4) is 0 Å². The molecule has 1 saturated heterocycles. The topological polar surface area (TPSA) is 88.2 Å². The molecule has 1 fully saturated rings. The molecular formula is C17H16F3N3O3S. The predicted molar refractivity (Wildman–Crippen MR) is 94.3 cm³/mol. The number of aromatic nitrogens is 1. The van der Waals surface area contributed by atoms with Crippen LogP contribution in [-0.2, 0) is 16.0 Å². The first-order valence-corrected chi connectivity index (χ1v) is 9.86. The Morgan fingerprint density at radius 1 is 1.11 bits per heavy atom. The van der Waals surface area contributed by atoms with E-state index >= 15 is 0 Å². The van der Waals surface area contributed by atoms with Crippen LogP contribution in [0.15, 0.2) is 42.6 Å². The molecule has 144 valence electrons. The number of nitrogens with one attached hydrogen (secondary N) is 2. The quantitative estimate of drug-likeness (QED) is 0.825. The Bertz CT molecular complexity index is 944. The van der Waals surface area contributed by atoms with Crippen LogP contribution in [0.4, 0.5) is 24.5 Å². The van der Waals surface area contributed by atoms with Crippen molar-refractivity contribution in [2.75, 3.05) is 22.1 Å². The minimum Gasteiger partial charge on any atom is -0.381 e. The van der Waals surface area contributed by atoms with E-state index in [9.17, 15) is 26.4 Å². The summed E-state index contributed by atoms with van der Waals surface area (Å²) < 4.78 is 60.7. The van der Waals surface area contributed by atoms with Gasteiger partial charge in [0.15, 0.2) is 9.84 Å². The van der Waals surface area contributed by atoms with Crippen molar-refractivity contribution >= 4 is 27.1 Å². The molecule has 0 aliphatic carbocycles. The summed E-state index contributed by atoms with van der Waals surface area (Å²) in [5.74, 6) is -0.433. The molecule has 27 heavy (non-hydrogen) atoms. The van der Waals surface area contributed by atoms with Gasteiger partial charge in [-0.05, 0) is 42.8 Å². The summed E-state index contributed by atoms with van der Waals surface area (Å²) in [5.41, 5.74) is -0.00296. The summed E-state index contributed by atoms with van der Waals surface area (Å²) in [5, 5.41) is 5.53. The van der Waals surface area contributed by atoms with Crippen LogP contribution in [0, 0.1) is 0 Å². The maximum atomic E-state index is 12.6. The molecule has 10 heteroatoms. The zero-order valence-electron chi connectivity index (χ0n) is 14.0. The molecule has 1 aliphatic heterocycles. The van der Waals surface area contributed by atoms with Crippen molar-refractivity contribution in [3.8, 4) is 0 Å². The van der Waals surface area contributed by atoms with E-state index in [1.165, 1.54) is 12.3 Å². The van der Waals surface area contributed by atoms with Gasteiger partial charge >= 0.3 is 6.18 Å². The van der Waals surface area contributed by atoms with Gasteiger partial charge in [0.25, 0.3) is 5.91 Å². The van der Waals surface area contributed by atoms with Crippen LogP contribution >= 0.6 is 0 Å². The van der Waals surface area contributed by atoms with Gasteiger partial charge in [0, 0.05) is 23.6 Å². The molecular weight excluding hydrogens is 383 g/mol. The zero-order valence-corrected chi connectivity index (χ0v) is 14.8. The molecule has 3 rings (SSSR count). The SMILES string of the molecule is O=C(Nc1ccc(C(F)(F)F)cc1)c1cc(NC2CCS(=O)(=O)C2)ccn1. The molecule has 1 aromatic heterocycles. The molecule has 6 nitrogen and oxygen atoms in total. The van der Waals surface area contributed by atoms with Gasteiger partial charge in [0.1, 0.15) is 5.69 Å². The highest BCUT2D eigenvalue weighted by Crippen LogP contribution is 2.29. The number of rotatable bonds is 4. The summed E-state index contributed by atoms with van der Waals surface area (Å²) in [6.07, 6.45) is -2.57. The number of anilines is 2. The number of pyridine rings is 1. The normalized spacial score (nSPS) is 18.9. The molecule has 1 unspecified atom stereocenters. The Hall–Kier alpha value is -2.62. The second-order valence-corrected chi connectivity index (χ2v) is 8.43. The summed E-state index contributed by atoms with van der Waals surface area (Å²) in [6.45, 7) is 0. The Morgan fingerprint density at radius 2 is 1.81 bits per heavy atom. The molecule has 1 atom stereocenters. The molecule has 0 bridgehead atoms. The molecule has 1 aromatic carbocycles. The van der Waals surface area contributed by atoms with Crippen LogP contribution in [0.2, 0.25) is 0 Å². The lowest BCUT2D eigenvalue weighted by atomic mass is 10.2. The fraction of sp³-hybridized carbons (Fsp3) is 0.294. The first kappa shape index (κ1) is 19.2. The van der Waals surface area contributed by atoms with Crippen LogP contribution in [0.25, 0.3) is 0 Å². The Morgan fingerprint density at radius 3 is 2.41 bits per heavy atom. The smallest absolute Gasteiger partial charge is 0.381 e. The van der Waals surface area contributed by atoms with Crippen molar-refractivity contribution < 1.29 is 26.4 Å². The van der Waals surface area contributed by atoms with E-state index in [2.05, 4.69) is 15.6 Å². The number of halogens is 3. The Labute approximate surface area is 153 Å². The second-order valence-electron chi connectivity index (χ2n) is 6.20. The number of nitrogens with zero attached hydrogens (tertiary/aromatic N) is 1. The number of amides is 1. The maximum Gasteiger partial charge on any atom is 0.416 e. The number of hydrogen-bond donors (Lipinski definition) is 2. The van der Waals surface area contributed by atoms with Crippen molar-refractivity contribution in [1.29, 1.82) is 0 Å². The van der Waals surface area contributed by atoms with Crippen LogP contribution < -0.4 is 10.6 Å². The van der Waals surface area contributed by atoms with Crippen molar-refractivity contribution in [2.45, 2.75) is 18.6 Å². The molecule has 0 radical (unpaired) electrons. The highest BCUT2D eigenvalue weighted by atomic mass is 32.2. The molecule has 1 aliphatic rings. The summed E-state index contributed by atoms with van der Waals surface area (Å²) in [4.78, 5) is 16.2. The third-order valence-corrected chi connectivity index (χ3v) is 5.83. The number of sulfone groups is 1. The number of hydrogen-bond acceptors (Lipinski definition) is 5. The maximum absolute atomic E-state index is 12.6. The van der Waals surface area contributed by atoms with Gasteiger partial charge in [-0.3, -0.25) is 9.78 Å². The summed E-state index contributed by atoms with van der Waals surface area (Å²) in [7, 11) is -3.03. The summed E-state index contributed by atoms with van der Waals surface area (Å²) >= 11 is 0. The lowest BCUT2D eigenvalue weighted by Crippen LogP contribution is -2.21. The Kier molecular flexibility index (Phi) is 5.09. The zero-order chi connectivity index (χ0) is 19.7. The molecule has 2 aromatic rings. The van der Waals surface area contributed by atoms with E-state index in [0.717, 1.165) is 24.3 Å². The minimum atomic E-state index is -4.45. The van der Waals surface area contributed by atoms with Crippen molar-refractivity contribution in [3.05, 3.63) is 53.9 Å². The molecule has 2 heterocycles. The van der Waals surface area contributed by atoms with Crippen LogP contribution in [-0.4, -0.2) is 36.9 Å². The number of carbonyl (C=O) groups excluding carboxylic acids is 1. The van der Waals surface area contributed by atoms with E-state index in [0.29, 0.717) is 12.1 Å². The fourth-order valence-corrected chi connectivity index (χ4v) is 4.40. The first-order chi connectivity index (χ1) is 12.6. The van der Waals surface area contributed by atoms with Crippen LogP contribution in [0.5, 0.6) is 0 Å². The van der Waals surface area contributed by atoms with Gasteiger partial charge < -0.3 is 10.6 Å². The average Bonchev–Trinajstić information content (AvgIpc) is 2.93. The van der Waals surface area contributed by atoms with Gasteiger partial charge in [0.05, 0.1) is 17.1 Å².